The first kappa shape index (κ1) is 16.9. The van der Waals surface area contributed by atoms with Crippen LogP contribution in [-0.2, 0) is 22.3 Å². The molecule has 1 saturated heterocycles. The maximum atomic E-state index is 13.6. The highest BCUT2D eigenvalue weighted by atomic mass is 32.2. The molecule has 0 amide bonds. The molecule has 1 N–H and O–H groups in total. The number of hydrogen-bond donors (Lipinski definition) is 1. The minimum Gasteiger partial charge on any atom is -0.372 e. The molecule has 1 heterocycles. The molecule has 24 heavy (non-hydrogen) atoms. The van der Waals surface area contributed by atoms with Crippen LogP contribution in [0.1, 0.15) is 24.0 Å². The van der Waals surface area contributed by atoms with Crippen LogP contribution in [0.25, 0.3) is 0 Å². The Balaban J connectivity index is 1.59. The summed E-state index contributed by atoms with van der Waals surface area (Å²) >= 11 is 0. The van der Waals surface area contributed by atoms with Crippen molar-refractivity contribution in [1.82, 2.24) is 4.72 Å². The van der Waals surface area contributed by atoms with Crippen LogP contribution in [-0.4, -0.2) is 21.5 Å². The summed E-state index contributed by atoms with van der Waals surface area (Å²) in [4.78, 5) is 2.33. The molecule has 2 aromatic rings. The Morgan fingerprint density at radius 3 is 2.33 bits per heavy atom. The second-order valence-electron chi connectivity index (χ2n) is 6.03. The Hall–Kier alpha value is -1.92. The zero-order valence-electron chi connectivity index (χ0n) is 13.4. The Morgan fingerprint density at radius 2 is 1.67 bits per heavy atom. The van der Waals surface area contributed by atoms with E-state index >= 15 is 0 Å². The molecule has 4 nitrogen and oxygen atoms in total. The maximum absolute atomic E-state index is 13.6. The van der Waals surface area contributed by atoms with Crippen LogP contribution >= 0.6 is 0 Å². The zero-order valence-corrected chi connectivity index (χ0v) is 14.2. The lowest BCUT2D eigenvalue weighted by Crippen LogP contribution is -2.25. The summed E-state index contributed by atoms with van der Waals surface area (Å²) in [6, 6.07) is 13.8. The monoisotopic (exact) mass is 348 g/mol. The molecule has 1 aliphatic rings. The van der Waals surface area contributed by atoms with Crippen LogP contribution in [0.4, 0.5) is 10.1 Å². The molecule has 3 rings (SSSR count). The third-order valence-corrected chi connectivity index (χ3v) is 5.48. The van der Waals surface area contributed by atoms with E-state index in [9.17, 15) is 12.8 Å². The summed E-state index contributed by atoms with van der Waals surface area (Å²) in [6.07, 6.45) is 2.44. The van der Waals surface area contributed by atoms with E-state index in [1.807, 2.05) is 24.3 Å². The summed E-state index contributed by atoms with van der Waals surface area (Å²) in [5.74, 6) is -0.858. The first-order valence-corrected chi connectivity index (χ1v) is 9.73. The molecule has 128 valence electrons. The molecule has 0 saturated carbocycles. The number of anilines is 1. The molecule has 2 aromatic carbocycles. The lowest BCUT2D eigenvalue weighted by Gasteiger charge is -2.17. The second-order valence-corrected chi connectivity index (χ2v) is 7.84. The van der Waals surface area contributed by atoms with E-state index in [4.69, 9.17) is 0 Å². The van der Waals surface area contributed by atoms with Gasteiger partial charge in [0.25, 0.3) is 0 Å². The number of rotatable bonds is 6. The topological polar surface area (TPSA) is 49.4 Å². The number of nitrogens with one attached hydrogen (secondary N) is 1. The van der Waals surface area contributed by atoms with Crippen molar-refractivity contribution in [3.8, 4) is 0 Å². The van der Waals surface area contributed by atoms with Crippen molar-refractivity contribution >= 4 is 15.7 Å². The van der Waals surface area contributed by atoms with Crippen molar-refractivity contribution in [2.24, 2.45) is 0 Å². The average Bonchev–Trinajstić information content (AvgIpc) is 3.10. The summed E-state index contributed by atoms with van der Waals surface area (Å²) in [5, 5.41) is 0. The van der Waals surface area contributed by atoms with E-state index in [2.05, 4.69) is 9.62 Å². The standard InChI is InChI=1S/C18H21FN2O2S/c19-18-6-2-1-5-16(18)14-24(22,23)20-13-15-7-9-17(10-8-15)21-11-3-4-12-21/h1-2,5-10,20H,3-4,11-14H2. The van der Waals surface area contributed by atoms with E-state index in [-0.39, 0.29) is 17.9 Å². The second kappa shape index (κ2) is 7.32. The van der Waals surface area contributed by atoms with Gasteiger partial charge in [0, 0.05) is 30.9 Å². The molecule has 0 bridgehead atoms. The van der Waals surface area contributed by atoms with Crippen LogP contribution in [0.15, 0.2) is 48.5 Å². The largest absolute Gasteiger partial charge is 0.372 e. The van der Waals surface area contributed by atoms with Gasteiger partial charge in [0.05, 0.1) is 5.75 Å². The summed E-state index contributed by atoms with van der Waals surface area (Å²) in [6.45, 7) is 2.36. The van der Waals surface area contributed by atoms with Crippen LogP contribution in [0.5, 0.6) is 0 Å². The number of halogens is 1. The molecule has 0 unspecified atom stereocenters. The van der Waals surface area contributed by atoms with Crippen LogP contribution in [0.2, 0.25) is 0 Å². The molecular weight excluding hydrogens is 327 g/mol. The molecule has 0 spiro atoms. The Morgan fingerprint density at radius 1 is 1.00 bits per heavy atom. The fourth-order valence-electron chi connectivity index (χ4n) is 2.86. The molecule has 6 heteroatoms. The van der Waals surface area contributed by atoms with Crippen molar-refractivity contribution in [2.75, 3.05) is 18.0 Å². The highest BCUT2D eigenvalue weighted by Crippen LogP contribution is 2.20. The summed E-state index contributed by atoms with van der Waals surface area (Å²) < 4.78 is 40.3. The highest BCUT2D eigenvalue weighted by Gasteiger charge is 2.15. The third kappa shape index (κ3) is 4.33. The van der Waals surface area contributed by atoms with E-state index < -0.39 is 15.8 Å². The predicted molar refractivity (Wildman–Crippen MR) is 93.8 cm³/mol. The fourth-order valence-corrected chi connectivity index (χ4v) is 4.00. The maximum Gasteiger partial charge on any atom is 0.216 e. The van der Waals surface area contributed by atoms with Gasteiger partial charge in [0.1, 0.15) is 5.82 Å². The van der Waals surface area contributed by atoms with Crippen molar-refractivity contribution in [3.63, 3.8) is 0 Å². The van der Waals surface area contributed by atoms with Crippen molar-refractivity contribution in [2.45, 2.75) is 25.1 Å². The first-order chi connectivity index (χ1) is 11.5. The van der Waals surface area contributed by atoms with Gasteiger partial charge in [-0.15, -0.1) is 0 Å². The Kier molecular flexibility index (Phi) is 5.16. The van der Waals surface area contributed by atoms with Crippen LogP contribution in [0, 0.1) is 5.82 Å². The first-order valence-electron chi connectivity index (χ1n) is 8.08. The predicted octanol–water partition coefficient (Wildman–Crippen LogP) is 3.05. The molecule has 1 fully saturated rings. The van der Waals surface area contributed by atoms with Gasteiger partial charge in [0.2, 0.25) is 10.0 Å². The summed E-state index contributed by atoms with van der Waals surface area (Å²) in [5.41, 5.74) is 2.23. The number of nitrogens with zero attached hydrogens (tertiary/aromatic N) is 1. The van der Waals surface area contributed by atoms with E-state index in [1.54, 1.807) is 12.1 Å². The van der Waals surface area contributed by atoms with Crippen molar-refractivity contribution in [3.05, 3.63) is 65.5 Å². The third-order valence-electron chi connectivity index (χ3n) is 4.21. The molecule has 0 atom stereocenters. The van der Waals surface area contributed by atoms with Gasteiger partial charge in [-0.3, -0.25) is 0 Å². The van der Waals surface area contributed by atoms with Crippen LogP contribution in [0.3, 0.4) is 0 Å². The number of benzene rings is 2. The zero-order chi connectivity index (χ0) is 17.0. The SMILES string of the molecule is O=S(=O)(Cc1ccccc1F)NCc1ccc(N2CCCC2)cc1. The van der Waals surface area contributed by atoms with Gasteiger partial charge in [0.15, 0.2) is 0 Å². The van der Waals surface area contributed by atoms with Gasteiger partial charge >= 0.3 is 0 Å². The van der Waals surface area contributed by atoms with E-state index in [0.29, 0.717) is 0 Å². The lowest BCUT2D eigenvalue weighted by molar-refractivity contribution is 0.574. The van der Waals surface area contributed by atoms with Gasteiger partial charge in [-0.25, -0.2) is 17.5 Å². The number of sulfonamides is 1. The highest BCUT2D eigenvalue weighted by molar-refractivity contribution is 7.88. The minimum absolute atomic E-state index is 0.175. The minimum atomic E-state index is -3.58. The van der Waals surface area contributed by atoms with Gasteiger partial charge < -0.3 is 4.90 Å². The van der Waals surface area contributed by atoms with Gasteiger partial charge in [-0.1, -0.05) is 30.3 Å². The quantitative estimate of drug-likeness (QED) is 0.873. The van der Waals surface area contributed by atoms with Crippen molar-refractivity contribution in [1.29, 1.82) is 0 Å². The van der Waals surface area contributed by atoms with E-state index in [0.717, 1.165) is 18.7 Å². The molecule has 0 aromatic heterocycles. The Labute approximate surface area is 142 Å². The molecule has 0 aliphatic carbocycles. The molecule has 0 radical (unpaired) electrons. The number of hydrogen-bond acceptors (Lipinski definition) is 3. The lowest BCUT2D eigenvalue weighted by atomic mass is 10.2. The summed E-state index contributed by atoms with van der Waals surface area (Å²) in [7, 11) is -3.58. The van der Waals surface area contributed by atoms with Crippen LogP contribution < -0.4 is 9.62 Å². The van der Waals surface area contributed by atoms with E-state index in [1.165, 1.54) is 30.7 Å². The molecular formula is C18H21FN2O2S. The molecule has 1 aliphatic heterocycles. The fraction of sp³-hybridized carbons (Fsp3) is 0.333. The Bertz CT molecular complexity index is 785. The smallest absolute Gasteiger partial charge is 0.216 e. The average molecular weight is 348 g/mol. The van der Waals surface area contributed by atoms with Gasteiger partial charge in [-0.05, 0) is 36.6 Å². The van der Waals surface area contributed by atoms with Gasteiger partial charge in [-0.2, -0.15) is 0 Å². The van der Waals surface area contributed by atoms with Crippen molar-refractivity contribution < 1.29 is 12.8 Å². The normalized spacial score (nSPS) is 15.0.